The molecule has 0 bridgehead atoms. The number of alkyl halides is 2. The van der Waals surface area contributed by atoms with Crippen molar-refractivity contribution >= 4 is 11.7 Å². The Hall–Kier alpha value is -3.67. The van der Waals surface area contributed by atoms with Crippen LogP contribution in [-0.2, 0) is 11.4 Å². The van der Waals surface area contributed by atoms with Gasteiger partial charge in [0, 0.05) is 43.9 Å². The first-order valence-corrected chi connectivity index (χ1v) is 12.8. The van der Waals surface area contributed by atoms with Crippen LogP contribution < -0.4 is 15.0 Å². The van der Waals surface area contributed by atoms with Crippen molar-refractivity contribution in [2.75, 3.05) is 31.1 Å². The van der Waals surface area contributed by atoms with Gasteiger partial charge in [-0.1, -0.05) is 31.2 Å². The number of ether oxygens (including phenoxy) is 1. The molecule has 2 saturated heterocycles. The van der Waals surface area contributed by atoms with Gasteiger partial charge < -0.3 is 15.0 Å². The number of anilines is 1. The molecule has 12 heteroatoms. The Balaban J connectivity index is 1.20. The highest BCUT2D eigenvalue weighted by atomic mass is 19.3. The van der Waals surface area contributed by atoms with E-state index in [-0.39, 0.29) is 30.2 Å². The zero-order chi connectivity index (χ0) is 26.8. The molecule has 3 aromatic rings. The van der Waals surface area contributed by atoms with Crippen molar-refractivity contribution < 1.29 is 18.3 Å². The maximum absolute atomic E-state index is 12.9. The van der Waals surface area contributed by atoms with Gasteiger partial charge in [0.05, 0.1) is 11.4 Å². The minimum absolute atomic E-state index is 0.0559. The van der Waals surface area contributed by atoms with Gasteiger partial charge in [-0.25, -0.2) is 13.5 Å². The number of piperazine rings is 2. The molecule has 5 rings (SSSR count). The van der Waals surface area contributed by atoms with Crippen LogP contribution in [0.3, 0.4) is 0 Å². The van der Waals surface area contributed by atoms with Crippen LogP contribution in [-0.4, -0.2) is 74.3 Å². The molecule has 2 aliphatic heterocycles. The number of hydrogen-bond donors (Lipinski definition) is 1. The first-order valence-electron chi connectivity index (χ1n) is 12.8. The highest BCUT2D eigenvalue weighted by Gasteiger charge is 2.38. The average molecular weight is 527 g/mol. The minimum atomic E-state index is -2.53. The van der Waals surface area contributed by atoms with Gasteiger partial charge in [-0.3, -0.25) is 9.69 Å². The fraction of sp³-hybridized carbons (Fsp3) is 0.500. The number of nitrogens with one attached hydrogen (secondary N) is 1. The van der Waals surface area contributed by atoms with E-state index in [1.807, 2.05) is 6.07 Å². The molecule has 0 aliphatic carbocycles. The number of carbonyl (C=O) groups is 1. The average Bonchev–Trinajstić information content (AvgIpc) is 3.27. The number of hydrogen-bond acceptors (Lipinski definition) is 8. The van der Waals surface area contributed by atoms with E-state index in [0.29, 0.717) is 41.2 Å². The zero-order valence-electron chi connectivity index (χ0n) is 21.7. The van der Waals surface area contributed by atoms with E-state index < -0.39 is 6.43 Å². The second kappa shape index (κ2) is 11.0. The highest BCUT2D eigenvalue weighted by molar-refractivity contribution is 5.84. The van der Waals surface area contributed by atoms with Crippen LogP contribution in [0.4, 0.5) is 14.6 Å². The molecule has 2 atom stereocenters. The Morgan fingerprint density at radius 2 is 1.84 bits per heavy atom. The normalized spacial score (nSPS) is 20.1. The number of halogens is 2. The molecule has 4 heterocycles. The number of fused-ring (bicyclic) bond motifs is 1. The molecule has 0 radical (unpaired) electrons. The second-order valence-corrected chi connectivity index (χ2v) is 10.2. The first-order chi connectivity index (χ1) is 18.3. The number of carbonyl (C=O) groups excluding carboxylic acids is 1. The van der Waals surface area contributed by atoms with Gasteiger partial charge in [-0.15, -0.1) is 15.3 Å². The lowest BCUT2D eigenvalue weighted by molar-refractivity contribution is -0.131. The molecule has 2 aromatic heterocycles. The lowest BCUT2D eigenvalue weighted by Crippen LogP contribution is -2.67. The number of rotatable bonds is 8. The third kappa shape index (κ3) is 5.59. The Morgan fingerprint density at radius 1 is 1.05 bits per heavy atom. The summed E-state index contributed by atoms with van der Waals surface area (Å²) < 4.78 is 33.2. The van der Waals surface area contributed by atoms with Gasteiger partial charge in [0.1, 0.15) is 18.3 Å². The quantitative estimate of drug-likeness (QED) is 0.478. The van der Waals surface area contributed by atoms with Gasteiger partial charge >= 0.3 is 0 Å². The topological polar surface area (TPSA) is 101 Å². The number of benzene rings is 1. The predicted octanol–water partition coefficient (Wildman–Crippen LogP) is 2.92. The molecule has 0 saturated carbocycles. The molecule has 2 aliphatic rings. The standard InChI is InChI=1S/C26H32F2N8O2/c1-16(2)12-19-13-34-10-11-35(14-21(34)26(37)29-19)23-8-9-24(32-31-23)38-15-22-17(3)30-33-36(22)20-6-4-18(5-7-20)25(27)28/h4-9,16,19,21,25H,10-15H2,1-3H3,(H,29,37)/t19?,21-/m0/s1. The van der Waals surface area contributed by atoms with E-state index in [1.165, 1.54) is 12.1 Å². The molecular formula is C26H32F2N8O2. The molecule has 2 fully saturated rings. The lowest BCUT2D eigenvalue weighted by atomic mass is 9.98. The minimum Gasteiger partial charge on any atom is -0.470 e. The Bertz CT molecular complexity index is 1250. The SMILES string of the molecule is Cc1nnn(-c2ccc(C(F)F)cc2)c1COc1ccc(N2CCN3CC(CC(C)C)NC(=O)[C@@H]3C2)nn1. The predicted molar refractivity (Wildman–Crippen MR) is 136 cm³/mol. The molecule has 1 amide bonds. The zero-order valence-corrected chi connectivity index (χ0v) is 21.7. The van der Waals surface area contributed by atoms with Gasteiger partial charge in [-0.2, -0.15) is 0 Å². The molecule has 1 unspecified atom stereocenters. The maximum Gasteiger partial charge on any atom is 0.263 e. The van der Waals surface area contributed by atoms with Crippen molar-refractivity contribution in [2.45, 2.75) is 52.3 Å². The van der Waals surface area contributed by atoms with E-state index in [0.717, 1.165) is 26.1 Å². The van der Waals surface area contributed by atoms with Crippen LogP contribution in [0.5, 0.6) is 5.88 Å². The Labute approximate surface area is 220 Å². The van der Waals surface area contributed by atoms with Crippen molar-refractivity contribution in [1.82, 2.24) is 35.4 Å². The molecule has 0 spiro atoms. The summed E-state index contributed by atoms with van der Waals surface area (Å²) >= 11 is 0. The third-order valence-electron chi connectivity index (χ3n) is 7.00. The maximum atomic E-state index is 12.9. The molecular weight excluding hydrogens is 494 g/mol. The monoisotopic (exact) mass is 526 g/mol. The van der Waals surface area contributed by atoms with Crippen molar-refractivity contribution in [3.63, 3.8) is 0 Å². The number of aryl methyl sites for hydroxylation is 1. The van der Waals surface area contributed by atoms with Crippen LogP contribution in [0, 0.1) is 12.8 Å². The summed E-state index contributed by atoms with van der Waals surface area (Å²) in [5, 5.41) is 20.0. The van der Waals surface area contributed by atoms with Crippen LogP contribution in [0.15, 0.2) is 36.4 Å². The summed E-state index contributed by atoms with van der Waals surface area (Å²) in [6.45, 7) is 9.27. The second-order valence-electron chi connectivity index (χ2n) is 10.2. The van der Waals surface area contributed by atoms with Gasteiger partial charge in [0.15, 0.2) is 5.82 Å². The van der Waals surface area contributed by atoms with Crippen LogP contribution in [0.25, 0.3) is 5.69 Å². The summed E-state index contributed by atoms with van der Waals surface area (Å²) in [6.07, 6.45) is -1.55. The smallest absolute Gasteiger partial charge is 0.263 e. The van der Waals surface area contributed by atoms with E-state index in [1.54, 1.807) is 29.8 Å². The van der Waals surface area contributed by atoms with Crippen molar-refractivity contribution in [3.8, 4) is 11.6 Å². The van der Waals surface area contributed by atoms with Crippen LogP contribution >= 0.6 is 0 Å². The van der Waals surface area contributed by atoms with Crippen molar-refractivity contribution in [2.24, 2.45) is 5.92 Å². The molecule has 10 nitrogen and oxygen atoms in total. The van der Waals surface area contributed by atoms with E-state index in [9.17, 15) is 13.6 Å². The lowest BCUT2D eigenvalue weighted by Gasteiger charge is -2.46. The Kier molecular flexibility index (Phi) is 7.50. The fourth-order valence-electron chi connectivity index (χ4n) is 5.04. The third-order valence-corrected chi connectivity index (χ3v) is 7.00. The summed E-state index contributed by atoms with van der Waals surface area (Å²) in [7, 11) is 0. The summed E-state index contributed by atoms with van der Waals surface area (Å²) in [5.74, 6) is 1.63. The number of nitrogens with zero attached hydrogens (tertiary/aromatic N) is 7. The summed E-state index contributed by atoms with van der Waals surface area (Å²) in [6, 6.07) is 9.47. The fourth-order valence-corrected chi connectivity index (χ4v) is 5.04. The summed E-state index contributed by atoms with van der Waals surface area (Å²) in [4.78, 5) is 17.1. The summed E-state index contributed by atoms with van der Waals surface area (Å²) in [5.41, 5.74) is 1.89. The van der Waals surface area contributed by atoms with E-state index in [4.69, 9.17) is 4.74 Å². The van der Waals surface area contributed by atoms with Crippen LogP contribution in [0.1, 0.15) is 43.6 Å². The number of amides is 1. The molecule has 1 N–H and O–H groups in total. The first kappa shape index (κ1) is 26.0. The van der Waals surface area contributed by atoms with Gasteiger partial charge in [0.2, 0.25) is 11.8 Å². The van der Waals surface area contributed by atoms with Crippen molar-refractivity contribution in [3.05, 3.63) is 53.3 Å². The van der Waals surface area contributed by atoms with E-state index in [2.05, 4.69) is 49.5 Å². The number of aromatic nitrogens is 5. The molecule has 1 aromatic carbocycles. The molecule has 38 heavy (non-hydrogen) atoms. The van der Waals surface area contributed by atoms with Crippen molar-refractivity contribution in [1.29, 1.82) is 0 Å². The Morgan fingerprint density at radius 3 is 2.53 bits per heavy atom. The van der Waals surface area contributed by atoms with Gasteiger partial charge in [-0.05, 0) is 37.5 Å². The van der Waals surface area contributed by atoms with Crippen LogP contribution in [0.2, 0.25) is 0 Å². The highest BCUT2D eigenvalue weighted by Crippen LogP contribution is 2.24. The molecule has 202 valence electrons. The largest absolute Gasteiger partial charge is 0.470 e. The van der Waals surface area contributed by atoms with Gasteiger partial charge in [0.25, 0.3) is 6.43 Å². The van der Waals surface area contributed by atoms with E-state index >= 15 is 0 Å².